The van der Waals surface area contributed by atoms with Crippen LogP contribution >= 0.6 is 11.5 Å². The molecule has 6 heteroatoms. The molecule has 0 saturated heterocycles. The Morgan fingerprint density at radius 2 is 2.07 bits per heavy atom. The van der Waals surface area contributed by atoms with E-state index in [9.17, 15) is 0 Å². The summed E-state index contributed by atoms with van der Waals surface area (Å²) in [6.45, 7) is 0. The molecule has 0 aromatic carbocycles. The van der Waals surface area contributed by atoms with Gasteiger partial charge in [0.15, 0.2) is 0 Å². The van der Waals surface area contributed by atoms with Gasteiger partial charge in [-0.05, 0) is 37.9 Å². The first-order valence-electron chi connectivity index (χ1n) is 5.36. The third kappa shape index (κ3) is 2.43. The van der Waals surface area contributed by atoms with Gasteiger partial charge in [-0.15, -0.1) is 0 Å². The van der Waals surface area contributed by atoms with Crippen LogP contribution in [0.25, 0.3) is 0 Å². The molecule has 84 valence electrons. The third-order valence-electron chi connectivity index (χ3n) is 3.24. The Balaban J connectivity index is 1.90. The molecule has 1 aromatic rings. The van der Waals surface area contributed by atoms with Crippen molar-refractivity contribution in [3.8, 4) is 0 Å². The molecule has 1 aromatic heterocycles. The fourth-order valence-electron chi connectivity index (χ4n) is 2.17. The van der Waals surface area contributed by atoms with Crippen LogP contribution in [0.1, 0.15) is 25.7 Å². The van der Waals surface area contributed by atoms with Crippen LogP contribution in [-0.2, 0) is 0 Å². The van der Waals surface area contributed by atoms with Crippen LogP contribution in [0.3, 0.4) is 0 Å². The van der Waals surface area contributed by atoms with Gasteiger partial charge in [0.2, 0.25) is 5.13 Å². The molecule has 0 atom stereocenters. The zero-order chi connectivity index (χ0) is 10.7. The average Bonchev–Trinajstić information content (AvgIpc) is 2.82. The maximum Gasteiger partial charge on any atom is 0.227 e. The van der Waals surface area contributed by atoms with Crippen LogP contribution in [0.5, 0.6) is 0 Å². The lowest BCUT2D eigenvalue weighted by Crippen LogP contribution is -2.39. The van der Waals surface area contributed by atoms with Crippen molar-refractivity contribution in [3.05, 3.63) is 0 Å². The zero-order valence-corrected chi connectivity index (χ0v) is 10.00. The number of hydrogen-bond donors (Lipinski definition) is 1. The van der Waals surface area contributed by atoms with Crippen LogP contribution in [0.15, 0.2) is 0 Å². The van der Waals surface area contributed by atoms with E-state index in [1.807, 2.05) is 7.05 Å². The van der Waals surface area contributed by atoms with E-state index < -0.39 is 0 Å². The second kappa shape index (κ2) is 4.85. The molecule has 0 aliphatic heterocycles. The molecule has 5 nitrogen and oxygen atoms in total. The van der Waals surface area contributed by atoms with E-state index in [1.165, 1.54) is 37.2 Å². The van der Waals surface area contributed by atoms with Crippen molar-refractivity contribution in [3.63, 3.8) is 0 Å². The summed E-state index contributed by atoms with van der Waals surface area (Å²) in [4.78, 5) is 2.22. The molecule has 1 aliphatic rings. The van der Waals surface area contributed by atoms with Gasteiger partial charge in [-0.25, -0.2) is 0 Å². The molecule has 0 amide bonds. The second-order valence-corrected chi connectivity index (χ2v) is 4.76. The fraction of sp³-hybridized carbons (Fsp3) is 0.889. The summed E-state index contributed by atoms with van der Waals surface area (Å²) in [6.07, 6.45) is 4.94. The van der Waals surface area contributed by atoms with Gasteiger partial charge in [0, 0.05) is 30.7 Å². The highest BCUT2D eigenvalue weighted by Crippen LogP contribution is 2.26. The topological polar surface area (TPSA) is 53.9 Å². The predicted octanol–water partition coefficient (Wildman–Crippen LogP) is 0.900. The highest BCUT2D eigenvalue weighted by atomic mass is 32.1. The summed E-state index contributed by atoms with van der Waals surface area (Å²) in [6, 6.07) is 1.30. The van der Waals surface area contributed by atoms with Gasteiger partial charge in [-0.1, -0.05) is 9.59 Å². The number of nitrogens with one attached hydrogen (secondary N) is 1. The SMILES string of the molecule is CNC1CCC(N(C)c2nnns2)CC1. The van der Waals surface area contributed by atoms with E-state index in [1.54, 1.807) is 0 Å². The summed E-state index contributed by atoms with van der Waals surface area (Å²) in [5, 5.41) is 11.9. The largest absolute Gasteiger partial charge is 0.346 e. The number of hydrogen-bond acceptors (Lipinski definition) is 6. The maximum absolute atomic E-state index is 4.00. The molecule has 1 fully saturated rings. The van der Waals surface area contributed by atoms with E-state index in [0.717, 1.165) is 5.13 Å². The molecule has 0 bridgehead atoms. The molecule has 0 unspecified atom stereocenters. The predicted molar refractivity (Wildman–Crippen MR) is 61.2 cm³/mol. The smallest absolute Gasteiger partial charge is 0.227 e. The van der Waals surface area contributed by atoms with Gasteiger partial charge in [-0.3, -0.25) is 0 Å². The first kappa shape index (κ1) is 10.8. The van der Waals surface area contributed by atoms with Crippen molar-refractivity contribution in [1.29, 1.82) is 0 Å². The maximum atomic E-state index is 4.00. The van der Waals surface area contributed by atoms with E-state index in [2.05, 4.69) is 32.1 Å². The minimum absolute atomic E-state index is 0.601. The third-order valence-corrected chi connectivity index (χ3v) is 3.93. The lowest BCUT2D eigenvalue weighted by atomic mass is 9.91. The molecule has 0 spiro atoms. The molecule has 0 radical (unpaired) electrons. The average molecular weight is 227 g/mol. The first-order chi connectivity index (χ1) is 7.31. The Bertz CT molecular complexity index is 281. The molecule has 1 saturated carbocycles. The van der Waals surface area contributed by atoms with E-state index >= 15 is 0 Å². The van der Waals surface area contributed by atoms with Gasteiger partial charge in [-0.2, -0.15) is 0 Å². The Morgan fingerprint density at radius 3 is 2.60 bits per heavy atom. The Hall–Kier alpha value is -0.750. The van der Waals surface area contributed by atoms with Crippen LogP contribution < -0.4 is 10.2 Å². The van der Waals surface area contributed by atoms with Gasteiger partial charge in [0.25, 0.3) is 0 Å². The first-order valence-corrected chi connectivity index (χ1v) is 6.13. The van der Waals surface area contributed by atoms with Crippen molar-refractivity contribution in [1.82, 2.24) is 20.1 Å². The van der Waals surface area contributed by atoms with Crippen molar-refractivity contribution in [2.75, 3.05) is 19.0 Å². The normalized spacial score (nSPS) is 26.5. The molecule has 1 heterocycles. The molecule has 15 heavy (non-hydrogen) atoms. The summed E-state index contributed by atoms with van der Waals surface area (Å²) in [5.74, 6) is 0. The molecular weight excluding hydrogens is 210 g/mol. The number of rotatable bonds is 3. The van der Waals surface area contributed by atoms with E-state index in [4.69, 9.17) is 0 Å². The summed E-state index contributed by atoms with van der Waals surface area (Å²) >= 11 is 1.37. The van der Waals surface area contributed by atoms with Gasteiger partial charge in [0.1, 0.15) is 0 Å². The molecule has 1 aliphatic carbocycles. The highest BCUT2D eigenvalue weighted by molar-refractivity contribution is 7.09. The van der Waals surface area contributed by atoms with Gasteiger partial charge < -0.3 is 10.2 Å². The van der Waals surface area contributed by atoms with Crippen LogP contribution in [0.4, 0.5) is 5.13 Å². The Kier molecular flexibility index (Phi) is 3.48. The summed E-state index contributed by atoms with van der Waals surface area (Å²) in [5.41, 5.74) is 0. The highest BCUT2D eigenvalue weighted by Gasteiger charge is 2.24. The number of aromatic nitrogens is 3. The Morgan fingerprint density at radius 1 is 1.33 bits per heavy atom. The molecular formula is C9H17N5S. The lowest BCUT2D eigenvalue weighted by Gasteiger charge is -2.33. The van der Waals surface area contributed by atoms with Gasteiger partial charge in [0.05, 0.1) is 0 Å². The van der Waals surface area contributed by atoms with Crippen molar-refractivity contribution >= 4 is 16.7 Å². The van der Waals surface area contributed by atoms with Crippen molar-refractivity contribution < 1.29 is 0 Å². The monoisotopic (exact) mass is 227 g/mol. The summed E-state index contributed by atoms with van der Waals surface area (Å²) in [7, 11) is 4.13. The lowest BCUT2D eigenvalue weighted by molar-refractivity contribution is 0.351. The number of nitrogens with zero attached hydrogens (tertiary/aromatic N) is 4. The van der Waals surface area contributed by atoms with E-state index in [0.29, 0.717) is 12.1 Å². The van der Waals surface area contributed by atoms with Crippen molar-refractivity contribution in [2.24, 2.45) is 0 Å². The quantitative estimate of drug-likeness (QED) is 0.831. The van der Waals surface area contributed by atoms with Gasteiger partial charge >= 0.3 is 0 Å². The Labute approximate surface area is 94.0 Å². The standard InChI is InChI=1S/C9H17N5S/c1-10-7-3-5-8(6-4-7)14(2)9-11-12-13-15-9/h7-8,10H,3-6H2,1-2H3. The van der Waals surface area contributed by atoms with Crippen LogP contribution in [0, 0.1) is 0 Å². The van der Waals surface area contributed by atoms with Crippen LogP contribution in [-0.4, -0.2) is 41.0 Å². The van der Waals surface area contributed by atoms with E-state index in [-0.39, 0.29) is 0 Å². The molecule has 2 rings (SSSR count). The summed E-state index contributed by atoms with van der Waals surface area (Å²) < 4.78 is 3.80. The zero-order valence-electron chi connectivity index (χ0n) is 9.18. The van der Waals surface area contributed by atoms with Crippen LogP contribution in [0.2, 0.25) is 0 Å². The minimum atomic E-state index is 0.601. The number of anilines is 1. The molecule has 1 N–H and O–H groups in total. The van der Waals surface area contributed by atoms with Crippen molar-refractivity contribution in [2.45, 2.75) is 37.8 Å². The minimum Gasteiger partial charge on any atom is -0.346 e. The fourth-order valence-corrected chi connectivity index (χ4v) is 2.67. The second-order valence-electron chi connectivity index (χ2n) is 4.05.